The molecule has 2 aromatic carbocycles. The number of nitrogens with one attached hydrogen (secondary N) is 2. The number of carbonyl (C=O) groups is 2. The number of anilines is 2. The zero-order valence-corrected chi connectivity index (χ0v) is 15.4. The molecule has 2 N–H and O–H groups in total. The lowest BCUT2D eigenvalue weighted by Crippen LogP contribution is -2.16. The Balaban J connectivity index is 1.73. The maximum Gasteiger partial charge on any atom is 0.257 e. The molecule has 3 aromatic rings. The van der Waals surface area contributed by atoms with E-state index >= 15 is 0 Å². The van der Waals surface area contributed by atoms with E-state index < -0.39 is 0 Å². The van der Waals surface area contributed by atoms with Gasteiger partial charge in [0, 0.05) is 35.9 Å². The first-order valence-corrected chi connectivity index (χ1v) is 8.45. The number of ether oxygens (including phenoxy) is 2. The number of hydrogen-bond donors (Lipinski definition) is 2. The van der Waals surface area contributed by atoms with Gasteiger partial charge in [0.15, 0.2) is 0 Å². The zero-order valence-electron chi connectivity index (χ0n) is 15.4. The third-order valence-electron chi connectivity index (χ3n) is 3.92. The number of pyridine rings is 1. The number of aromatic nitrogens is 1. The maximum absolute atomic E-state index is 12.5. The lowest BCUT2D eigenvalue weighted by atomic mass is 10.1. The molecule has 0 saturated carbocycles. The van der Waals surface area contributed by atoms with Crippen LogP contribution in [-0.2, 0) is 0 Å². The molecular weight excluding hydrogens is 358 g/mol. The predicted octanol–water partition coefficient (Wildman–Crippen LogP) is 3.60. The fraction of sp³-hybridized carbons (Fsp3) is 0.0952. The minimum atomic E-state index is -0.378. The van der Waals surface area contributed by atoms with Gasteiger partial charge in [-0.1, -0.05) is 12.1 Å². The molecule has 0 spiro atoms. The molecule has 0 radical (unpaired) electrons. The highest BCUT2D eigenvalue weighted by atomic mass is 16.5. The molecule has 0 aliphatic rings. The van der Waals surface area contributed by atoms with Gasteiger partial charge in [-0.25, -0.2) is 0 Å². The number of carbonyl (C=O) groups excluding carboxylic acids is 2. The van der Waals surface area contributed by atoms with E-state index in [0.29, 0.717) is 22.9 Å². The highest BCUT2D eigenvalue weighted by Crippen LogP contribution is 2.19. The molecule has 0 aliphatic carbocycles. The second-order valence-corrected chi connectivity index (χ2v) is 5.83. The molecule has 0 atom stereocenters. The van der Waals surface area contributed by atoms with Crippen molar-refractivity contribution in [2.24, 2.45) is 0 Å². The summed E-state index contributed by atoms with van der Waals surface area (Å²) in [6, 6.07) is 15.5. The first kappa shape index (κ1) is 18.9. The Hall–Kier alpha value is -3.87. The quantitative estimate of drug-likeness (QED) is 0.685. The van der Waals surface area contributed by atoms with E-state index in [1.54, 1.807) is 62.8 Å². The van der Waals surface area contributed by atoms with E-state index in [9.17, 15) is 9.59 Å². The Labute approximate surface area is 162 Å². The van der Waals surface area contributed by atoms with Gasteiger partial charge in [-0.15, -0.1) is 0 Å². The average Bonchev–Trinajstić information content (AvgIpc) is 2.74. The summed E-state index contributed by atoms with van der Waals surface area (Å²) in [5.74, 6) is 0.498. The van der Waals surface area contributed by atoms with Crippen molar-refractivity contribution in [3.63, 3.8) is 0 Å². The monoisotopic (exact) mass is 377 g/mol. The molecule has 0 unspecified atom stereocenters. The third-order valence-corrected chi connectivity index (χ3v) is 3.92. The number of rotatable bonds is 6. The van der Waals surface area contributed by atoms with Crippen LogP contribution in [0.15, 0.2) is 67.0 Å². The molecule has 0 bridgehead atoms. The molecule has 0 saturated heterocycles. The number of benzene rings is 2. The Morgan fingerprint density at radius 3 is 1.64 bits per heavy atom. The average molecular weight is 377 g/mol. The highest BCUT2D eigenvalue weighted by molar-refractivity contribution is 6.08. The number of nitrogens with zero attached hydrogens (tertiary/aromatic N) is 1. The predicted molar refractivity (Wildman–Crippen MR) is 106 cm³/mol. The molecule has 7 heteroatoms. The van der Waals surface area contributed by atoms with Crippen molar-refractivity contribution >= 4 is 23.2 Å². The first-order chi connectivity index (χ1) is 13.6. The van der Waals surface area contributed by atoms with Crippen LogP contribution in [0.1, 0.15) is 20.7 Å². The Bertz CT molecular complexity index is 927. The summed E-state index contributed by atoms with van der Waals surface area (Å²) in [6.45, 7) is 0. The fourth-order valence-electron chi connectivity index (χ4n) is 2.50. The van der Waals surface area contributed by atoms with Crippen molar-refractivity contribution in [3.05, 3.63) is 78.1 Å². The zero-order chi connectivity index (χ0) is 19.9. The second-order valence-electron chi connectivity index (χ2n) is 5.83. The second kappa shape index (κ2) is 8.68. The van der Waals surface area contributed by atoms with Crippen LogP contribution in [0.5, 0.6) is 11.5 Å². The van der Waals surface area contributed by atoms with E-state index in [4.69, 9.17) is 9.47 Å². The van der Waals surface area contributed by atoms with Gasteiger partial charge in [-0.3, -0.25) is 14.6 Å². The van der Waals surface area contributed by atoms with E-state index in [1.165, 1.54) is 18.5 Å². The minimum Gasteiger partial charge on any atom is -0.497 e. The van der Waals surface area contributed by atoms with Crippen LogP contribution in [0.4, 0.5) is 11.4 Å². The van der Waals surface area contributed by atoms with E-state index in [-0.39, 0.29) is 22.9 Å². The first-order valence-electron chi connectivity index (χ1n) is 8.45. The molecule has 142 valence electrons. The van der Waals surface area contributed by atoms with Crippen molar-refractivity contribution < 1.29 is 19.1 Å². The molecule has 2 amide bonds. The van der Waals surface area contributed by atoms with Crippen LogP contribution >= 0.6 is 0 Å². The van der Waals surface area contributed by atoms with Crippen molar-refractivity contribution in [1.29, 1.82) is 0 Å². The highest BCUT2D eigenvalue weighted by Gasteiger charge is 2.12. The lowest BCUT2D eigenvalue weighted by Gasteiger charge is -2.09. The van der Waals surface area contributed by atoms with Crippen LogP contribution in [0.2, 0.25) is 0 Å². The summed E-state index contributed by atoms with van der Waals surface area (Å²) in [5.41, 5.74) is 1.69. The summed E-state index contributed by atoms with van der Waals surface area (Å²) < 4.78 is 10.3. The van der Waals surface area contributed by atoms with Gasteiger partial charge < -0.3 is 20.1 Å². The minimum absolute atomic E-state index is 0.265. The summed E-state index contributed by atoms with van der Waals surface area (Å²) >= 11 is 0. The van der Waals surface area contributed by atoms with Gasteiger partial charge in [0.05, 0.1) is 25.3 Å². The van der Waals surface area contributed by atoms with Crippen LogP contribution < -0.4 is 20.1 Å². The van der Waals surface area contributed by atoms with E-state index in [1.807, 2.05) is 0 Å². The molecule has 28 heavy (non-hydrogen) atoms. The van der Waals surface area contributed by atoms with Crippen molar-refractivity contribution in [1.82, 2.24) is 4.98 Å². The van der Waals surface area contributed by atoms with Crippen molar-refractivity contribution in [3.8, 4) is 11.5 Å². The van der Waals surface area contributed by atoms with E-state index in [0.717, 1.165) is 0 Å². The molecule has 1 heterocycles. The largest absolute Gasteiger partial charge is 0.497 e. The van der Waals surface area contributed by atoms with Gasteiger partial charge in [-0.2, -0.15) is 0 Å². The maximum atomic E-state index is 12.5. The third kappa shape index (κ3) is 4.64. The van der Waals surface area contributed by atoms with Gasteiger partial charge in [0.1, 0.15) is 11.5 Å². The van der Waals surface area contributed by atoms with Crippen LogP contribution in [0, 0.1) is 0 Å². The van der Waals surface area contributed by atoms with Crippen molar-refractivity contribution in [2.45, 2.75) is 0 Å². The van der Waals surface area contributed by atoms with Crippen LogP contribution in [0.3, 0.4) is 0 Å². The summed E-state index contributed by atoms with van der Waals surface area (Å²) in [4.78, 5) is 29.0. The van der Waals surface area contributed by atoms with Gasteiger partial charge >= 0.3 is 0 Å². The molecule has 0 fully saturated rings. The van der Waals surface area contributed by atoms with Crippen molar-refractivity contribution in [2.75, 3.05) is 24.9 Å². The molecule has 7 nitrogen and oxygen atoms in total. The summed E-state index contributed by atoms with van der Waals surface area (Å²) in [5, 5.41) is 5.51. The van der Waals surface area contributed by atoms with Crippen LogP contribution in [0.25, 0.3) is 0 Å². The molecular formula is C21H19N3O4. The Morgan fingerprint density at radius 2 is 1.21 bits per heavy atom. The molecule has 1 aromatic heterocycles. The molecule has 3 rings (SSSR count). The standard InChI is InChI=1S/C21H19N3O4/c1-27-18-7-3-5-16(10-18)23-20(25)14-9-15(13-22-12-14)21(26)24-17-6-4-8-19(11-17)28-2/h3-13H,1-2H3,(H,23,25)(H,24,26). The summed E-state index contributed by atoms with van der Waals surface area (Å²) in [7, 11) is 3.10. The van der Waals surface area contributed by atoms with Gasteiger partial charge in [0.25, 0.3) is 11.8 Å². The number of hydrogen-bond acceptors (Lipinski definition) is 5. The topological polar surface area (TPSA) is 89.5 Å². The Kier molecular flexibility index (Phi) is 5.86. The fourth-order valence-corrected chi connectivity index (χ4v) is 2.50. The van der Waals surface area contributed by atoms with E-state index in [2.05, 4.69) is 15.6 Å². The normalized spacial score (nSPS) is 10.1. The van der Waals surface area contributed by atoms with Gasteiger partial charge in [0.2, 0.25) is 0 Å². The number of methoxy groups -OCH3 is 2. The Morgan fingerprint density at radius 1 is 0.750 bits per heavy atom. The van der Waals surface area contributed by atoms with Crippen LogP contribution in [-0.4, -0.2) is 31.0 Å². The van der Waals surface area contributed by atoms with Gasteiger partial charge in [-0.05, 0) is 30.3 Å². The lowest BCUT2D eigenvalue weighted by molar-refractivity contribution is 0.102. The number of amides is 2. The smallest absolute Gasteiger partial charge is 0.257 e. The molecule has 0 aliphatic heterocycles. The summed E-state index contributed by atoms with van der Waals surface area (Å²) in [6.07, 6.45) is 2.80. The SMILES string of the molecule is COc1cccc(NC(=O)c2cncc(C(=O)Nc3cccc(OC)c3)c2)c1.